The SMILES string of the molecule is O=S(O)Oc1cc(Nc2nc(Cl)nc(NCCS(=O)(=O)O)n2)ccc1C=Cc1ccc(Nc2nc(Cl)nc(NCCSOOO)n2)cc1S(=O)(=O)O. The van der Waals surface area contributed by atoms with Crippen LogP contribution in [-0.4, -0.2) is 94.5 Å². The van der Waals surface area contributed by atoms with E-state index in [0.29, 0.717) is 5.75 Å². The number of benzene rings is 2. The molecule has 0 spiro atoms. The van der Waals surface area contributed by atoms with Crippen LogP contribution in [0.25, 0.3) is 12.2 Å². The number of hydrogen-bond acceptors (Lipinski definition) is 20. The molecule has 0 bridgehead atoms. The van der Waals surface area contributed by atoms with Crippen LogP contribution in [0.1, 0.15) is 11.1 Å². The lowest BCUT2D eigenvalue weighted by molar-refractivity contribution is -0.432. The molecular weight excluding hydrogens is 819 g/mol. The van der Waals surface area contributed by atoms with Gasteiger partial charge in [-0.15, -0.1) is 4.33 Å². The van der Waals surface area contributed by atoms with E-state index in [2.05, 4.69) is 60.5 Å². The van der Waals surface area contributed by atoms with E-state index < -0.39 is 42.2 Å². The molecule has 280 valence electrons. The highest BCUT2D eigenvalue weighted by molar-refractivity contribution is 7.94. The summed E-state index contributed by atoms with van der Waals surface area (Å²) in [6, 6.07) is 8.08. The summed E-state index contributed by atoms with van der Waals surface area (Å²) in [7, 11) is -9.06. The van der Waals surface area contributed by atoms with Crippen molar-refractivity contribution in [3.63, 3.8) is 0 Å². The van der Waals surface area contributed by atoms with Crippen molar-refractivity contribution in [3.8, 4) is 5.75 Å². The summed E-state index contributed by atoms with van der Waals surface area (Å²) in [4.78, 5) is 23.2. The lowest BCUT2D eigenvalue weighted by atomic mass is 10.1. The smallest absolute Gasteiger partial charge is 0.357 e. The molecule has 0 saturated heterocycles. The molecule has 2 heterocycles. The molecule has 4 rings (SSSR count). The van der Waals surface area contributed by atoms with Gasteiger partial charge in [-0.2, -0.15) is 50.9 Å². The summed E-state index contributed by atoms with van der Waals surface area (Å²) >= 11 is 9.92. The van der Waals surface area contributed by atoms with E-state index in [1.807, 2.05) is 0 Å². The summed E-state index contributed by atoms with van der Waals surface area (Å²) < 4.78 is 95.9. The molecule has 52 heavy (non-hydrogen) atoms. The summed E-state index contributed by atoms with van der Waals surface area (Å²) in [5, 5.41) is 22.1. The molecule has 8 N–H and O–H groups in total. The molecule has 28 heteroatoms. The largest absolute Gasteiger partial charge is 0.379 e. The fraction of sp³-hybridized carbons (Fsp3) is 0.167. The molecule has 0 amide bonds. The van der Waals surface area contributed by atoms with Crippen LogP contribution in [0.2, 0.25) is 10.6 Å². The van der Waals surface area contributed by atoms with Crippen LogP contribution in [0.5, 0.6) is 5.75 Å². The van der Waals surface area contributed by atoms with Gasteiger partial charge in [-0.05, 0) is 53.0 Å². The quantitative estimate of drug-likeness (QED) is 0.0127. The van der Waals surface area contributed by atoms with Gasteiger partial charge in [-0.25, -0.2) is 5.26 Å². The molecule has 1 atom stereocenters. The Hall–Kier alpha value is -4.06. The zero-order valence-corrected chi connectivity index (χ0v) is 30.4. The highest BCUT2D eigenvalue weighted by Gasteiger charge is 2.17. The zero-order valence-electron chi connectivity index (χ0n) is 25.6. The average Bonchev–Trinajstić information content (AvgIpc) is 3.03. The Balaban J connectivity index is 1.55. The Labute approximate surface area is 310 Å². The fourth-order valence-electron chi connectivity index (χ4n) is 3.83. The lowest BCUT2D eigenvalue weighted by Gasteiger charge is -2.11. The van der Waals surface area contributed by atoms with Gasteiger partial charge >= 0.3 is 11.4 Å². The van der Waals surface area contributed by atoms with Crippen LogP contribution in [0.15, 0.2) is 41.3 Å². The van der Waals surface area contributed by atoms with Crippen LogP contribution < -0.4 is 25.5 Å². The molecule has 0 aliphatic heterocycles. The Morgan fingerprint density at radius 1 is 0.788 bits per heavy atom. The molecule has 0 fully saturated rings. The topological polar surface area (TPSA) is 319 Å². The van der Waals surface area contributed by atoms with Gasteiger partial charge in [0.15, 0.2) is 5.75 Å². The number of anilines is 6. The third-order valence-corrected chi connectivity index (χ3v) is 8.64. The van der Waals surface area contributed by atoms with Crippen LogP contribution in [0, 0.1) is 0 Å². The van der Waals surface area contributed by atoms with E-state index in [1.165, 1.54) is 42.5 Å². The highest BCUT2D eigenvalue weighted by atomic mass is 35.5. The van der Waals surface area contributed by atoms with E-state index in [0.717, 1.165) is 18.1 Å². The molecular formula is C24H24Cl2N10O12S4. The second-order valence-corrected chi connectivity index (χ2v) is 14.5. The van der Waals surface area contributed by atoms with Gasteiger partial charge in [0.2, 0.25) is 34.4 Å². The predicted octanol–water partition coefficient (Wildman–Crippen LogP) is 3.56. The van der Waals surface area contributed by atoms with Gasteiger partial charge in [0.1, 0.15) is 4.90 Å². The minimum absolute atomic E-state index is 0.00258. The van der Waals surface area contributed by atoms with Crippen LogP contribution in [0.4, 0.5) is 35.2 Å². The Morgan fingerprint density at radius 3 is 1.88 bits per heavy atom. The molecule has 22 nitrogen and oxygen atoms in total. The van der Waals surface area contributed by atoms with Crippen molar-refractivity contribution in [1.82, 2.24) is 29.9 Å². The van der Waals surface area contributed by atoms with E-state index in [1.54, 1.807) is 0 Å². The standard InChI is InChI=1S/C24H24Cl2N10O12S4/c25-19-31-21(27-7-9-49-48-47-37)35-24(34-19)30-16-6-4-14(18(12-16)52(43,44)45)2-1-13-3-5-15(11-17(13)46-50(38)39)29-23-33-20(26)32-22(36-23)28-8-10-51(40,41)42/h1-6,11-12,37H,7-10H2,(H,38,39)(H,40,41,42)(H,43,44,45)(H2,27,30,31,34,35)(H2,28,29,32,33,36). The van der Waals surface area contributed by atoms with Crippen molar-refractivity contribution >= 4 is 114 Å². The molecule has 1 unspecified atom stereocenters. The second kappa shape index (κ2) is 18.6. The first-order valence-corrected chi connectivity index (χ1v) is 19.5. The van der Waals surface area contributed by atoms with Gasteiger partial charge in [-0.1, -0.05) is 23.3 Å². The maximum absolute atomic E-state index is 12.4. The fourth-order valence-corrected chi connectivity index (χ4v) is 5.82. The normalized spacial score (nSPS) is 12.4. The Bertz CT molecular complexity index is 2170. The van der Waals surface area contributed by atoms with Gasteiger partial charge in [0, 0.05) is 53.9 Å². The Morgan fingerprint density at radius 2 is 1.33 bits per heavy atom. The summed E-state index contributed by atoms with van der Waals surface area (Å²) in [6.07, 6.45) is 2.64. The van der Waals surface area contributed by atoms with Crippen LogP contribution in [0.3, 0.4) is 0 Å². The van der Waals surface area contributed by atoms with Crippen molar-refractivity contribution in [2.24, 2.45) is 0 Å². The summed E-state index contributed by atoms with van der Waals surface area (Å²) in [6.45, 7) is 0.0185. The number of hydrogen-bond donors (Lipinski definition) is 8. The monoisotopic (exact) mass is 842 g/mol. The predicted molar refractivity (Wildman–Crippen MR) is 190 cm³/mol. The van der Waals surface area contributed by atoms with Crippen molar-refractivity contribution in [1.29, 1.82) is 0 Å². The number of aromatic nitrogens is 6. The molecule has 0 radical (unpaired) electrons. The molecule has 2 aromatic heterocycles. The molecule has 0 aliphatic carbocycles. The third-order valence-electron chi connectivity index (χ3n) is 5.83. The maximum atomic E-state index is 12.4. The highest BCUT2D eigenvalue weighted by Crippen LogP contribution is 2.30. The van der Waals surface area contributed by atoms with Gasteiger partial charge in [-0.3, -0.25) is 13.7 Å². The minimum Gasteiger partial charge on any atom is -0.379 e. The van der Waals surface area contributed by atoms with E-state index in [9.17, 15) is 30.1 Å². The average molecular weight is 844 g/mol. The van der Waals surface area contributed by atoms with Crippen LogP contribution >= 0.6 is 35.2 Å². The first-order chi connectivity index (χ1) is 24.6. The van der Waals surface area contributed by atoms with Gasteiger partial charge in [0.25, 0.3) is 20.2 Å². The van der Waals surface area contributed by atoms with Crippen molar-refractivity contribution in [3.05, 3.63) is 58.1 Å². The van der Waals surface area contributed by atoms with Crippen molar-refractivity contribution < 1.29 is 53.5 Å². The van der Waals surface area contributed by atoms with E-state index >= 15 is 0 Å². The number of rotatable bonds is 19. The molecule has 4 aromatic rings. The number of halogens is 2. The first kappa shape index (κ1) is 40.7. The van der Waals surface area contributed by atoms with Crippen LogP contribution in [-0.2, 0) is 41.0 Å². The van der Waals surface area contributed by atoms with Crippen molar-refractivity contribution in [2.45, 2.75) is 4.90 Å². The summed E-state index contributed by atoms with van der Waals surface area (Å²) in [5.41, 5.74) is 0.542. The van der Waals surface area contributed by atoms with E-state index in [-0.39, 0.29) is 75.7 Å². The first-order valence-electron chi connectivity index (χ1n) is 13.7. The van der Waals surface area contributed by atoms with Gasteiger partial charge < -0.3 is 25.5 Å². The number of nitrogens with zero attached hydrogens (tertiary/aromatic N) is 6. The maximum Gasteiger partial charge on any atom is 0.357 e. The lowest BCUT2D eigenvalue weighted by Crippen LogP contribution is -2.16. The third kappa shape index (κ3) is 13.5. The van der Waals surface area contributed by atoms with Crippen molar-refractivity contribution in [2.75, 3.05) is 45.9 Å². The number of nitrogens with one attached hydrogen (secondary N) is 4. The summed E-state index contributed by atoms with van der Waals surface area (Å²) in [5.74, 6) is -0.747. The molecule has 0 saturated carbocycles. The molecule has 0 aliphatic rings. The zero-order chi connectivity index (χ0) is 37.9. The molecule has 2 aromatic carbocycles. The van der Waals surface area contributed by atoms with Gasteiger partial charge in [0.05, 0.1) is 5.75 Å². The Kier molecular flexibility index (Phi) is 14.6. The minimum atomic E-state index is -4.81. The second-order valence-electron chi connectivity index (χ2n) is 9.47. The van der Waals surface area contributed by atoms with E-state index in [4.69, 9.17) is 37.2 Å².